The van der Waals surface area contributed by atoms with Gasteiger partial charge in [-0.3, -0.25) is 4.90 Å². The van der Waals surface area contributed by atoms with Crippen LogP contribution in [0.2, 0.25) is 0 Å². The summed E-state index contributed by atoms with van der Waals surface area (Å²) < 4.78 is 12.2. The highest BCUT2D eigenvalue weighted by atomic mass is 32.1. The van der Waals surface area contributed by atoms with E-state index in [2.05, 4.69) is 59.5 Å². The maximum absolute atomic E-state index is 12.0. The molecule has 5 rings (SSSR count). The molecule has 0 saturated carbocycles. The first-order valence-corrected chi connectivity index (χ1v) is 13.1. The number of ether oxygens (including phenoxy) is 2. The zero-order chi connectivity index (χ0) is 24.2. The topological polar surface area (TPSA) is 38.8 Å². The van der Waals surface area contributed by atoms with Crippen molar-refractivity contribution in [3.63, 3.8) is 0 Å². The molecule has 0 N–H and O–H groups in total. The van der Waals surface area contributed by atoms with Crippen LogP contribution in [0, 0.1) is 6.92 Å². The van der Waals surface area contributed by atoms with Crippen molar-refractivity contribution in [3.05, 3.63) is 89.0 Å². The van der Waals surface area contributed by atoms with Gasteiger partial charge in [-0.15, -0.1) is 11.3 Å². The van der Waals surface area contributed by atoms with E-state index in [4.69, 9.17) is 9.47 Å². The fraction of sp³-hybridized carbons (Fsp3) is 0.300. The number of hydrogen-bond acceptors (Lipinski definition) is 5. The average Bonchev–Trinajstić information content (AvgIpc) is 3.53. The third-order valence-corrected chi connectivity index (χ3v) is 8.03. The third-order valence-electron chi connectivity index (χ3n) is 6.77. The summed E-state index contributed by atoms with van der Waals surface area (Å²) in [6, 6.07) is 23.1. The number of fused-ring (bicyclic) bond motifs is 1. The fourth-order valence-corrected chi connectivity index (χ4v) is 6.11. The third kappa shape index (κ3) is 5.26. The molecular weight excluding hydrogens is 454 g/mol. The molecule has 4 nitrogen and oxygen atoms in total. The molecule has 1 fully saturated rings. The van der Waals surface area contributed by atoms with Crippen molar-refractivity contribution < 1.29 is 14.3 Å². The number of hydrogen-bond donors (Lipinski definition) is 0. The summed E-state index contributed by atoms with van der Waals surface area (Å²) in [5, 5.41) is 1.29. The van der Waals surface area contributed by atoms with Crippen LogP contribution in [-0.2, 0) is 11.2 Å². The van der Waals surface area contributed by atoms with Gasteiger partial charge in [-0.1, -0.05) is 30.3 Å². The summed E-state index contributed by atoms with van der Waals surface area (Å²) in [7, 11) is 1.42. The van der Waals surface area contributed by atoms with E-state index in [1.165, 1.54) is 64.7 Å². The van der Waals surface area contributed by atoms with E-state index >= 15 is 0 Å². The molecule has 180 valence electrons. The summed E-state index contributed by atoms with van der Waals surface area (Å²) in [6.45, 7) is 6.08. The molecule has 0 spiro atoms. The highest BCUT2D eigenvalue weighted by molar-refractivity contribution is 7.22. The van der Waals surface area contributed by atoms with E-state index in [0.29, 0.717) is 5.56 Å². The molecule has 0 aliphatic carbocycles. The van der Waals surface area contributed by atoms with E-state index < -0.39 is 0 Å². The molecule has 5 heteroatoms. The number of carbonyl (C=O) groups excluding carboxylic acids is 1. The molecule has 1 saturated heterocycles. The molecule has 1 aliphatic rings. The highest BCUT2D eigenvalue weighted by Gasteiger charge is 2.16. The van der Waals surface area contributed by atoms with Crippen LogP contribution in [0.5, 0.6) is 5.75 Å². The second-order valence-electron chi connectivity index (χ2n) is 9.15. The van der Waals surface area contributed by atoms with Crippen molar-refractivity contribution in [3.8, 4) is 16.2 Å². The lowest BCUT2D eigenvalue weighted by Crippen LogP contribution is -2.25. The smallest absolute Gasteiger partial charge is 0.338 e. The number of aryl methyl sites for hydroxylation is 1. The minimum atomic E-state index is -0.293. The van der Waals surface area contributed by atoms with Gasteiger partial charge in [0.05, 0.1) is 12.7 Å². The Labute approximate surface area is 211 Å². The van der Waals surface area contributed by atoms with Crippen molar-refractivity contribution in [1.29, 1.82) is 0 Å². The Hall–Kier alpha value is -3.15. The number of esters is 1. The first-order chi connectivity index (χ1) is 17.1. The maximum Gasteiger partial charge on any atom is 0.338 e. The van der Waals surface area contributed by atoms with Gasteiger partial charge in [-0.05, 0) is 103 Å². The van der Waals surface area contributed by atoms with Gasteiger partial charge >= 0.3 is 5.97 Å². The lowest BCUT2D eigenvalue weighted by Gasteiger charge is -2.15. The summed E-state index contributed by atoms with van der Waals surface area (Å²) in [4.78, 5) is 15.8. The van der Waals surface area contributed by atoms with Crippen molar-refractivity contribution in [2.24, 2.45) is 0 Å². The number of rotatable bonds is 8. The molecule has 1 aliphatic heterocycles. The van der Waals surface area contributed by atoms with Crippen LogP contribution in [0.1, 0.15) is 39.9 Å². The summed E-state index contributed by atoms with van der Waals surface area (Å²) in [5.41, 5.74) is 5.26. The Morgan fingerprint density at radius 1 is 1.00 bits per heavy atom. The largest absolute Gasteiger partial charge is 0.492 e. The predicted molar refractivity (Wildman–Crippen MR) is 144 cm³/mol. The number of methoxy groups -OCH3 is 1. The molecular formula is C30H31NO3S. The monoisotopic (exact) mass is 485 g/mol. The molecule has 0 amide bonds. The minimum Gasteiger partial charge on any atom is -0.492 e. The fourth-order valence-electron chi connectivity index (χ4n) is 4.89. The van der Waals surface area contributed by atoms with Gasteiger partial charge in [-0.25, -0.2) is 4.79 Å². The van der Waals surface area contributed by atoms with E-state index in [1.54, 1.807) is 0 Å². The Kier molecular flexibility index (Phi) is 7.16. The van der Waals surface area contributed by atoms with Gasteiger partial charge in [-0.2, -0.15) is 0 Å². The Morgan fingerprint density at radius 3 is 2.51 bits per heavy atom. The van der Waals surface area contributed by atoms with E-state index in [1.807, 2.05) is 30.4 Å². The number of likely N-dealkylation sites (tertiary alicyclic amines) is 1. The van der Waals surface area contributed by atoms with Gasteiger partial charge < -0.3 is 9.47 Å². The van der Waals surface area contributed by atoms with Crippen LogP contribution in [-0.4, -0.2) is 44.2 Å². The zero-order valence-corrected chi connectivity index (χ0v) is 21.2. The number of thiophene rings is 1. The normalized spacial score (nSPS) is 13.9. The second kappa shape index (κ2) is 10.6. The van der Waals surface area contributed by atoms with Crippen LogP contribution in [0.25, 0.3) is 20.5 Å². The van der Waals surface area contributed by atoms with E-state index in [-0.39, 0.29) is 5.97 Å². The van der Waals surface area contributed by atoms with Crippen LogP contribution >= 0.6 is 11.3 Å². The zero-order valence-electron chi connectivity index (χ0n) is 20.4. The Balaban J connectivity index is 1.39. The maximum atomic E-state index is 12.0. The second-order valence-corrected chi connectivity index (χ2v) is 10.2. The molecule has 3 aromatic carbocycles. The Bertz CT molecular complexity index is 1320. The highest BCUT2D eigenvalue weighted by Crippen LogP contribution is 2.40. The predicted octanol–water partition coefficient (Wildman–Crippen LogP) is 6.73. The number of nitrogens with zero attached hydrogens (tertiary/aromatic N) is 1. The molecule has 0 unspecified atom stereocenters. The summed E-state index contributed by atoms with van der Waals surface area (Å²) >= 11 is 1.83. The first kappa shape index (κ1) is 23.6. The molecule has 1 aromatic heterocycles. The van der Waals surface area contributed by atoms with E-state index in [9.17, 15) is 4.79 Å². The van der Waals surface area contributed by atoms with Gasteiger partial charge in [0.1, 0.15) is 12.4 Å². The Morgan fingerprint density at radius 2 is 1.77 bits per heavy atom. The first-order valence-electron chi connectivity index (χ1n) is 12.3. The summed E-state index contributed by atoms with van der Waals surface area (Å²) in [5.74, 6) is 0.628. The van der Waals surface area contributed by atoms with Gasteiger partial charge in [0, 0.05) is 16.1 Å². The molecule has 0 atom stereocenters. The van der Waals surface area contributed by atoms with Crippen LogP contribution in [0.15, 0.2) is 66.7 Å². The molecule has 0 bridgehead atoms. The van der Waals surface area contributed by atoms with Crippen molar-refractivity contribution in [2.45, 2.75) is 26.2 Å². The molecule has 0 radical (unpaired) electrons. The van der Waals surface area contributed by atoms with Crippen molar-refractivity contribution >= 4 is 27.4 Å². The lowest BCUT2D eigenvalue weighted by molar-refractivity contribution is 0.0600. The van der Waals surface area contributed by atoms with E-state index in [0.717, 1.165) is 30.9 Å². The van der Waals surface area contributed by atoms with Gasteiger partial charge in [0.25, 0.3) is 0 Å². The lowest BCUT2D eigenvalue weighted by atomic mass is 9.96. The number of benzene rings is 3. The van der Waals surface area contributed by atoms with Crippen molar-refractivity contribution in [2.75, 3.05) is 33.4 Å². The average molecular weight is 486 g/mol. The van der Waals surface area contributed by atoms with Crippen LogP contribution in [0.3, 0.4) is 0 Å². The minimum absolute atomic E-state index is 0.293. The van der Waals surface area contributed by atoms with Crippen molar-refractivity contribution in [1.82, 2.24) is 4.90 Å². The molecule has 4 aromatic rings. The SMILES string of the molecule is COC(=O)c1ccc(Cc2c(-c3ccc(OCCN4CCCC4)cc3)sc3ccccc23)cc1C. The summed E-state index contributed by atoms with van der Waals surface area (Å²) in [6.07, 6.45) is 3.41. The standard InChI is InChI=1S/C30H31NO3S/c1-21-19-22(9-14-25(21)30(32)33-2)20-27-26-7-3-4-8-28(26)35-29(27)23-10-12-24(13-11-23)34-18-17-31-15-5-6-16-31/h3-4,7-14,19H,5-6,15-18,20H2,1-2H3. The van der Waals surface area contributed by atoms with Gasteiger partial charge in [0.15, 0.2) is 0 Å². The quantitative estimate of drug-likeness (QED) is 0.259. The molecule has 2 heterocycles. The number of carbonyl (C=O) groups is 1. The van der Waals surface area contributed by atoms with Crippen LogP contribution < -0.4 is 4.74 Å². The van der Waals surface area contributed by atoms with Gasteiger partial charge in [0.2, 0.25) is 0 Å². The van der Waals surface area contributed by atoms with Crippen LogP contribution in [0.4, 0.5) is 0 Å². The molecule has 35 heavy (non-hydrogen) atoms.